The fraction of sp³-hybridized carbons (Fsp3) is 0.333. The number of rotatable bonds is 3. The lowest BCUT2D eigenvalue weighted by atomic mass is 9.95. The molecule has 0 saturated heterocycles. The van der Waals surface area contributed by atoms with E-state index in [1.807, 2.05) is 31.2 Å². The molecular formula is C18H20N2O2S. The van der Waals surface area contributed by atoms with Crippen LogP contribution in [0.5, 0.6) is 0 Å². The summed E-state index contributed by atoms with van der Waals surface area (Å²) in [5, 5.41) is 6.50. The smallest absolute Gasteiger partial charge is 0.258 e. The lowest BCUT2D eigenvalue weighted by molar-refractivity contribution is -0.114. The van der Waals surface area contributed by atoms with Crippen LogP contribution in [0.1, 0.15) is 46.1 Å². The van der Waals surface area contributed by atoms with E-state index in [2.05, 4.69) is 10.6 Å². The van der Waals surface area contributed by atoms with Crippen LogP contribution < -0.4 is 10.6 Å². The first-order valence-electron chi connectivity index (χ1n) is 7.85. The molecule has 0 atom stereocenters. The summed E-state index contributed by atoms with van der Waals surface area (Å²) in [5.74, 6) is -0.281. The molecule has 3 rings (SSSR count). The van der Waals surface area contributed by atoms with Crippen molar-refractivity contribution in [3.8, 4) is 0 Å². The van der Waals surface area contributed by atoms with E-state index in [-0.39, 0.29) is 11.8 Å². The second-order valence-corrected chi connectivity index (χ2v) is 6.97. The molecule has 2 N–H and O–H groups in total. The van der Waals surface area contributed by atoms with E-state index in [0.717, 1.165) is 42.5 Å². The third kappa shape index (κ3) is 3.29. The molecule has 0 bridgehead atoms. The number of hydrogen-bond acceptors (Lipinski definition) is 3. The Bertz CT molecular complexity index is 764. The molecule has 2 aromatic rings. The summed E-state index contributed by atoms with van der Waals surface area (Å²) in [6.45, 7) is 3.44. The summed E-state index contributed by atoms with van der Waals surface area (Å²) in [6.07, 6.45) is 4.13. The molecule has 0 fully saturated rings. The Morgan fingerprint density at radius 2 is 1.83 bits per heavy atom. The summed E-state index contributed by atoms with van der Waals surface area (Å²) < 4.78 is 0. The fourth-order valence-corrected chi connectivity index (χ4v) is 4.28. The highest BCUT2D eigenvalue weighted by atomic mass is 32.1. The van der Waals surface area contributed by atoms with Gasteiger partial charge in [-0.1, -0.05) is 18.2 Å². The van der Waals surface area contributed by atoms with E-state index < -0.39 is 0 Å². The Kier molecular flexibility index (Phi) is 4.48. The van der Waals surface area contributed by atoms with Crippen molar-refractivity contribution in [2.75, 3.05) is 10.6 Å². The Balaban J connectivity index is 1.96. The SMILES string of the molecule is CC(=O)Nc1sc2c(c1C(=O)Nc1ccccc1C)CCCC2. The fourth-order valence-electron chi connectivity index (χ4n) is 2.95. The van der Waals surface area contributed by atoms with Crippen LogP contribution in [0.15, 0.2) is 24.3 Å². The number of nitrogens with one attached hydrogen (secondary N) is 2. The number of hydrogen-bond donors (Lipinski definition) is 2. The number of aryl methyl sites for hydroxylation is 2. The lowest BCUT2D eigenvalue weighted by Crippen LogP contribution is -2.18. The zero-order valence-corrected chi connectivity index (χ0v) is 14.2. The summed E-state index contributed by atoms with van der Waals surface area (Å²) in [5.41, 5.74) is 3.58. The maximum absolute atomic E-state index is 12.8. The van der Waals surface area contributed by atoms with Crippen molar-refractivity contribution in [3.63, 3.8) is 0 Å². The maximum Gasteiger partial charge on any atom is 0.258 e. The van der Waals surface area contributed by atoms with Crippen LogP contribution in [0.2, 0.25) is 0 Å². The van der Waals surface area contributed by atoms with Crippen molar-refractivity contribution in [2.24, 2.45) is 0 Å². The minimum atomic E-state index is -0.145. The van der Waals surface area contributed by atoms with Gasteiger partial charge in [0.1, 0.15) is 5.00 Å². The third-order valence-electron chi connectivity index (χ3n) is 4.08. The molecule has 1 heterocycles. The van der Waals surface area contributed by atoms with Crippen LogP contribution in [0.4, 0.5) is 10.7 Å². The number of carbonyl (C=O) groups is 2. The van der Waals surface area contributed by atoms with E-state index in [1.165, 1.54) is 11.8 Å². The highest BCUT2D eigenvalue weighted by Crippen LogP contribution is 2.38. The van der Waals surface area contributed by atoms with Gasteiger partial charge in [0, 0.05) is 17.5 Å². The number of benzene rings is 1. The third-order valence-corrected chi connectivity index (χ3v) is 5.29. The van der Waals surface area contributed by atoms with Crippen molar-refractivity contribution >= 4 is 33.8 Å². The normalized spacial score (nSPS) is 13.3. The Morgan fingerprint density at radius 3 is 2.57 bits per heavy atom. The second-order valence-electron chi connectivity index (χ2n) is 5.87. The van der Waals surface area contributed by atoms with Gasteiger partial charge >= 0.3 is 0 Å². The standard InChI is InChI=1S/C18H20N2O2S/c1-11-7-3-5-9-14(11)20-17(22)16-13-8-4-6-10-15(13)23-18(16)19-12(2)21/h3,5,7,9H,4,6,8,10H2,1-2H3,(H,19,21)(H,20,22). The minimum Gasteiger partial charge on any atom is -0.322 e. The Labute approximate surface area is 139 Å². The molecule has 1 aromatic heterocycles. The number of para-hydroxylation sites is 1. The maximum atomic E-state index is 12.8. The lowest BCUT2D eigenvalue weighted by Gasteiger charge is -2.14. The molecule has 23 heavy (non-hydrogen) atoms. The van der Waals surface area contributed by atoms with Gasteiger partial charge in [-0.2, -0.15) is 0 Å². The highest BCUT2D eigenvalue weighted by Gasteiger charge is 2.26. The molecule has 0 unspecified atom stereocenters. The summed E-state index contributed by atoms with van der Waals surface area (Å²) >= 11 is 1.54. The number of fused-ring (bicyclic) bond motifs is 1. The second kappa shape index (κ2) is 6.54. The van der Waals surface area contributed by atoms with Gasteiger partial charge in [-0.25, -0.2) is 0 Å². The van der Waals surface area contributed by atoms with Crippen LogP contribution in [-0.2, 0) is 17.6 Å². The van der Waals surface area contributed by atoms with Crippen molar-refractivity contribution in [1.82, 2.24) is 0 Å². The molecule has 1 aliphatic carbocycles. The van der Waals surface area contributed by atoms with Gasteiger partial charge < -0.3 is 10.6 Å². The molecule has 0 spiro atoms. The predicted octanol–water partition coefficient (Wildman–Crippen LogP) is 4.15. The molecular weight excluding hydrogens is 308 g/mol. The predicted molar refractivity (Wildman–Crippen MR) is 94.4 cm³/mol. The van der Waals surface area contributed by atoms with Crippen molar-refractivity contribution < 1.29 is 9.59 Å². The molecule has 4 nitrogen and oxygen atoms in total. The molecule has 2 amide bonds. The van der Waals surface area contributed by atoms with E-state index in [0.29, 0.717) is 10.6 Å². The number of amides is 2. The summed E-state index contributed by atoms with van der Waals surface area (Å²) in [7, 11) is 0. The zero-order chi connectivity index (χ0) is 16.4. The summed E-state index contributed by atoms with van der Waals surface area (Å²) in [4.78, 5) is 25.6. The van der Waals surface area contributed by atoms with Gasteiger partial charge in [-0.15, -0.1) is 11.3 Å². The van der Waals surface area contributed by atoms with Gasteiger partial charge in [0.15, 0.2) is 0 Å². The molecule has 5 heteroatoms. The molecule has 0 saturated carbocycles. The number of carbonyl (C=O) groups excluding carboxylic acids is 2. The highest BCUT2D eigenvalue weighted by molar-refractivity contribution is 7.17. The van der Waals surface area contributed by atoms with Crippen molar-refractivity contribution in [3.05, 3.63) is 45.8 Å². The minimum absolute atomic E-state index is 0.137. The van der Waals surface area contributed by atoms with Crippen LogP contribution in [0.3, 0.4) is 0 Å². The van der Waals surface area contributed by atoms with Gasteiger partial charge in [0.25, 0.3) is 5.91 Å². The van der Waals surface area contributed by atoms with Gasteiger partial charge in [0.2, 0.25) is 5.91 Å². The molecule has 120 valence electrons. The van der Waals surface area contributed by atoms with Crippen molar-refractivity contribution in [1.29, 1.82) is 0 Å². The van der Waals surface area contributed by atoms with E-state index >= 15 is 0 Å². The number of anilines is 2. The summed E-state index contributed by atoms with van der Waals surface area (Å²) in [6, 6.07) is 7.71. The topological polar surface area (TPSA) is 58.2 Å². The average Bonchev–Trinajstić information content (AvgIpc) is 2.86. The van der Waals surface area contributed by atoms with Gasteiger partial charge in [-0.05, 0) is 49.8 Å². The van der Waals surface area contributed by atoms with Crippen LogP contribution in [0.25, 0.3) is 0 Å². The Hall–Kier alpha value is -2.14. The van der Waals surface area contributed by atoms with Crippen LogP contribution >= 0.6 is 11.3 Å². The van der Waals surface area contributed by atoms with E-state index in [1.54, 1.807) is 11.3 Å². The molecule has 0 aliphatic heterocycles. The molecule has 1 aliphatic rings. The van der Waals surface area contributed by atoms with Crippen molar-refractivity contribution in [2.45, 2.75) is 39.5 Å². The Morgan fingerprint density at radius 1 is 1.09 bits per heavy atom. The number of thiophene rings is 1. The zero-order valence-electron chi connectivity index (χ0n) is 13.4. The quantitative estimate of drug-likeness (QED) is 0.889. The first kappa shape index (κ1) is 15.7. The van der Waals surface area contributed by atoms with E-state index in [9.17, 15) is 9.59 Å². The van der Waals surface area contributed by atoms with Gasteiger partial charge in [0.05, 0.1) is 5.56 Å². The largest absolute Gasteiger partial charge is 0.322 e. The first-order valence-corrected chi connectivity index (χ1v) is 8.67. The molecule has 0 radical (unpaired) electrons. The van der Waals surface area contributed by atoms with E-state index in [4.69, 9.17) is 0 Å². The van der Waals surface area contributed by atoms with Crippen LogP contribution in [0, 0.1) is 6.92 Å². The van der Waals surface area contributed by atoms with Gasteiger partial charge in [-0.3, -0.25) is 9.59 Å². The van der Waals surface area contributed by atoms with Crippen LogP contribution in [-0.4, -0.2) is 11.8 Å². The first-order chi connectivity index (χ1) is 11.1. The monoisotopic (exact) mass is 328 g/mol. The molecule has 1 aromatic carbocycles. The average molecular weight is 328 g/mol.